The first-order valence-corrected chi connectivity index (χ1v) is 8.99. The van der Waals surface area contributed by atoms with Gasteiger partial charge in [0.05, 0.1) is 0 Å². The summed E-state index contributed by atoms with van der Waals surface area (Å²) in [5, 5.41) is 5.92. The number of rotatable bonds is 4. The molecule has 2 N–H and O–H groups in total. The Morgan fingerprint density at radius 3 is 2.84 bits per heavy atom. The van der Waals surface area contributed by atoms with Crippen molar-refractivity contribution >= 4 is 23.2 Å². The highest BCUT2D eigenvalue weighted by molar-refractivity contribution is 5.96. The van der Waals surface area contributed by atoms with Crippen LogP contribution >= 0.6 is 0 Å². The first-order chi connectivity index (χ1) is 12.2. The van der Waals surface area contributed by atoms with E-state index in [2.05, 4.69) is 22.8 Å². The number of amides is 2. The third-order valence-corrected chi connectivity index (χ3v) is 5.21. The van der Waals surface area contributed by atoms with Gasteiger partial charge in [0.25, 0.3) is 0 Å². The molecule has 1 aliphatic carbocycles. The van der Waals surface area contributed by atoms with E-state index in [1.807, 2.05) is 30.3 Å². The van der Waals surface area contributed by atoms with Gasteiger partial charge in [-0.15, -0.1) is 0 Å². The lowest BCUT2D eigenvalue weighted by Crippen LogP contribution is -2.30. The van der Waals surface area contributed by atoms with Gasteiger partial charge in [0.1, 0.15) is 0 Å². The molecule has 2 aromatic rings. The van der Waals surface area contributed by atoms with Crippen LogP contribution in [-0.4, -0.2) is 11.8 Å². The average molecular weight is 334 g/mol. The summed E-state index contributed by atoms with van der Waals surface area (Å²) >= 11 is 0. The highest BCUT2D eigenvalue weighted by Gasteiger charge is 2.26. The van der Waals surface area contributed by atoms with Gasteiger partial charge in [0, 0.05) is 23.7 Å². The number of benzene rings is 2. The smallest absolute Gasteiger partial charge is 0.227 e. The molecule has 2 aliphatic rings. The molecule has 4 heteroatoms. The first-order valence-electron chi connectivity index (χ1n) is 8.99. The van der Waals surface area contributed by atoms with Gasteiger partial charge in [0.15, 0.2) is 0 Å². The molecule has 1 aliphatic heterocycles. The fourth-order valence-electron chi connectivity index (χ4n) is 3.82. The zero-order valence-electron chi connectivity index (χ0n) is 14.2. The molecule has 4 rings (SSSR count). The second-order valence-electron chi connectivity index (χ2n) is 6.97. The molecular formula is C21H22N2O2. The monoisotopic (exact) mass is 334 g/mol. The van der Waals surface area contributed by atoms with E-state index in [1.54, 1.807) is 0 Å². The molecule has 1 unspecified atom stereocenters. The van der Waals surface area contributed by atoms with Crippen molar-refractivity contribution in [2.45, 2.75) is 38.5 Å². The summed E-state index contributed by atoms with van der Waals surface area (Å²) in [5.41, 5.74) is 5.65. The van der Waals surface area contributed by atoms with Crippen LogP contribution in [0.5, 0.6) is 0 Å². The Morgan fingerprint density at radius 1 is 1.08 bits per heavy atom. The molecule has 1 atom stereocenters. The van der Waals surface area contributed by atoms with Crippen molar-refractivity contribution < 1.29 is 9.59 Å². The van der Waals surface area contributed by atoms with Crippen molar-refractivity contribution in [3.05, 3.63) is 59.2 Å². The SMILES string of the molecule is O=C(CCC1Cc2ccccc2NC1=O)Nc1ccc2c(c1)CCC2. The fraction of sp³-hybridized carbons (Fsp3) is 0.333. The van der Waals surface area contributed by atoms with Crippen LogP contribution in [0.15, 0.2) is 42.5 Å². The summed E-state index contributed by atoms with van der Waals surface area (Å²) in [5.74, 6) is -0.144. The van der Waals surface area contributed by atoms with E-state index >= 15 is 0 Å². The van der Waals surface area contributed by atoms with Crippen molar-refractivity contribution in [3.63, 3.8) is 0 Å². The number of para-hydroxylation sites is 1. The Balaban J connectivity index is 1.34. The van der Waals surface area contributed by atoms with Crippen molar-refractivity contribution in [1.29, 1.82) is 0 Å². The molecule has 2 aromatic carbocycles. The minimum atomic E-state index is -0.138. The normalized spacial score (nSPS) is 18.2. The quantitative estimate of drug-likeness (QED) is 0.895. The van der Waals surface area contributed by atoms with Crippen molar-refractivity contribution in [1.82, 2.24) is 0 Å². The van der Waals surface area contributed by atoms with E-state index in [4.69, 9.17) is 0 Å². The van der Waals surface area contributed by atoms with Crippen LogP contribution in [0.1, 0.15) is 36.0 Å². The number of aryl methyl sites for hydroxylation is 2. The minimum absolute atomic E-state index is 0.0176. The van der Waals surface area contributed by atoms with Gasteiger partial charge in [-0.1, -0.05) is 24.3 Å². The topological polar surface area (TPSA) is 58.2 Å². The van der Waals surface area contributed by atoms with E-state index in [-0.39, 0.29) is 17.7 Å². The highest BCUT2D eigenvalue weighted by Crippen LogP contribution is 2.28. The molecule has 4 nitrogen and oxygen atoms in total. The lowest BCUT2D eigenvalue weighted by molar-refractivity contribution is -0.121. The molecule has 0 bridgehead atoms. The first kappa shape index (κ1) is 15.9. The summed E-state index contributed by atoms with van der Waals surface area (Å²) in [4.78, 5) is 24.5. The van der Waals surface area contributed by atoms with Gasteiger partial charge in [-0.25, -0.2) is 0 Å². The molecule has 0 saturated carbocycles. The zero-order valence-corrected chi connectivity index (χ0v) is 14.2. The number of fused-ring (bicyclic) bond motifs is 2. The van der Waals surface area contributed by atoms with E-state index in [9.17, 15) is 9.59 Å². The lowest BCUT2D eigenvalue weighted by atomic mass is 9.89. The summed E-state index contributed by atoms with van der Waals surface area (Å²) in [6.07, 6.45) is 5.07. The Bertz CT molecular complexity index is 828. The van der Waals surface area contributed by atoms with Crippen LogP contribution in [0.3, 0.4) is 0 Å². The predicted octanol–water partition coefficient (Wildman–Crippen LogP) is 3.71. The van der Waals surface area contributed by atoms with Crippen molar-refractivity contribution in [3.8, 4) is 0 Å². The maximum absolute atomic E-state index is 12.3. The third-order valence-electron chi connectivity index (χ3n) is 5.21. The number of carbonyl (C=O) groups excluding carboxylic acids is 2. The van der Waals surface area contributed by atoms with E-state index in [1.165, 1.54) is 17.5 Å². The van der Waals surface area contributed by atoms with Crippen LogP contribution in [0.2, 0.25) is 0 Å². The van der Waals surface area contributed by atoms with Gasteiger partial charge < -0.3 is 10.6 Å². The lowest BCUT2D eigenvalue weighted by Gasteiger charge is -2.24. The number of carbonyl (C=O) groups is 2. The zero-order chi connectivity index (χ0) is 17.2. The Hall–Kier alpha value is -2.62. The molecule has 2 amide bonds. The average Bonchev–Trinajstić information content (AvgIpc) is 3.07. The van der Waals surface area contributed by atoms with Crippen LogP contribution in [0.4, 0.5) is 11.4 Å². The molecule has 0 spiro atoms. The van der Waals surface area contributed by atoms with Crippen molar-refractivity contribution in [2.24, 2.45) is 5.92 Å². The van der Waals surface area contributed by atoms with Crippen LogP contribution < -0.4 is 10.6 Å². The second-order valence-corrected chi connectivity index (χ2v) is 6.97. The standard InChI is InChI=1S/C21H22N2O2/c24-20(22-18-10-8-14-5-3-6-15(14)13-18)11-9-17-12-16-4-1-2-7-19(16)23-21(17)25/h1-2,4,7-8,10,13,17H,3,5-6,9,11-12H2,(H,22,24)(H,23,25). The van der Waals surface area contributed by atoms with Crippen LogP contribution in [-0.2, 0) is 28.9 Å². The van der Waals surface area contributed by atoms with E-state index in [0.29, 0.717) is 19.3 Å². The van der Waals surface area contributed by atoms with Crippen molar-refractivity contribution in [2.75, 3.05) is 10.6 Å². The Labute approximate surface area is 147 Å². The molecule has 1 heterocycles. The molecule has 25 heavy (non-hydrogen) atoms. The third kappa shape index (κ3) is 3.43. The minimum Gasteiger partial charge on any atom is -0.326 e. The highest BCUT2D eigenvalue weighted by atomic mass is 16.2. The molecular weight excluding hydrogens is 312 g/mol. The largest absolute Gasteiger partial charge is 0.326 e. The summed E-state index contributed by atoms with van der Waals surface area (Å²) in [7, 11) is 0. The van der Waals surface area contributed by atoms with E-state index < -0.39 is 0 Å². The number of anilines is 2. The Morgan fingerprint density at radius 2 is 1.92 bits per heavy atom. The Kier molecular flexibility index (Phi) is 4.26. The second kappa shape index (κ2) is 6.71. The van der Waals surface area contributed by atoms with E-state index in [0.717, 1.165) is 29.8 Å². The number of hydrogen-bond donors (Lipinski definition) is 2. The fourth-order valence-corrected chi connectivity index (χ4v) is 3.82. The molecule has 0 fully saturated rings. The molecule has 0 aromatic heterocycles. The molecule has 128 valence electrons. The summed E-state index contributed by atoms with van der Waals surface area (Å²) in [6, 6.07) is 14.0. The molecule has 0 saturated heterocycles. The van der Waals surface area contributed by atoms with Gasteiger partial charge in [-0.3, -0.25) is 9.59 Å². The van der Waals surface area contributed by atoms with Crippen LogP contribution in [0, 0.1) is 5.92 Å². The maximum Gasteiger partial charge on any atom is 0.227 e. The van der Waals surface area contributed by atoms with Crippen LogP contribution in [0.25, 0.3) is 0 Å². The van der Waals surface area contributed by atoms with Gasteiger partial charge in [-0.05, 0) is 67.0 Å². The maximum atomic E-state index is 12.3. The number of hydrogen-bond acceptors (Lipinski definition) is 2. The summed E-state index contributed by atoms with van der Waals surface area (Å²) in [6.45, 7) is 0. The van der Waals surface area contributed by atoms with Gasteiger partial charge in [0.2, 0.25) is 11.8 Å². The summed E-state index contributed by atoms with van der Waals surface area (Å²) < 4.78 is 0. The molecule has 0 radical (unpaired) electrons. The number of nitrogens with one attached hydrogen (secondary N) is 2. The predicted molar refractivity (Wildman–Crippen MR) is 98.6 cm³/mol. The van der Waals surface area contributed by atoms with Gasteiger partial charge in [-0.2, -0.15) is 0 Å². The van der Waals surface area contributed by atoms with Gasteiger partial charge >= 0.3 is 0 Å².